The highest BCUT2D eigenvalue weighted by atomic mass is 19.1. The van der Waals surface area contributed by atoms with Crippen molar-refractivity contribution in [2.24, 2.45) is 5.73 Å². The molecule has 7 nitrogen and oxygen atoms in total. The van der Waals surface area contributed by atoms with Gasteiger partial charge >= 0.3 is 0 Å². The fourth-order valence-electron chi connectivity index (χ4n) is 2.93. The van der Waals surface area contributed by atoms with E-state index in [1.54, 1.807) is 31.2 Å². The molecule has 0 bridgehead atoms. The Balaban J connectivity index is 2.15. The van der Waals surface area contributed by atoms with Crippen molar-refractivity contribution in [1.82, 2.24) is 9.78 Å². The van der Waals surface area contributed by atoms with E-state index in [2.05, 4.69) is 5.10 Å². The lowest BCUT2D eigenvalue weighted by molar-refractivity contribution is -0.117. The summed E-state index contributed by atoms with van der Waals surface area (Å²) >= 11 is 0. The number of anilines is 1. The normalized spacial score (nSPS) is 10.8. The summed E-state index contributed by atoms with van der Waals surface area (Å²) in [6.45, 7) is 2.05. The van der Waals surface area contributed by atoms with E-state index in [9.17, 15) is 18.8 Å². The summed E-state index contributed by atoms with van der Waals surface area (Å²) in [4.78, 5) is 38.4. The lowest BCUT2D eigenvalue weighted by Gasteiger charge is -2.23. The van der Waals surface area contributed by atoms with E-state index in [-0.39, 0.29) is 24.2 Å². The molecule has 8 heteroatoms. The van der Waals surface area contributed by atoms with E-state index in [0.717, 1.165) is 0 Å². The lowest BCUT2D eigenvalue weighted by Crippen LogP contribution is -2.36. The lowest BCUT2D eigenvalue weighted by atomic mass is 10.1. The molecule has 144 valence electrons. The summed E-state index contributed by atoms with van der Waals surface area (Å²) in [5, 5.41) is 5.02. The molecular formula is C20H19FN4O3. The minimum atomic E-state index is -0.573. The molecule has 0 spiro atoms. The zero-order chi connectivity index (χ0) is 20.3. The third-order valence-corrected chi connectivity index (χ3v) is 4.34. The minimum absolute atomic E-state index is 0.00105. The molecule has 0 fully saturated rings. The van der Waals surface area contributed by atoms with Crippen molar-refractivity contribution in [3.05, 3.63) is 70.4 Å². The number of aromatic nitrogens is 2. The van der Waals surface area contributed by atoms with Crippen LogP contribution in [0.15, 0.2) is 53.3 Å². The fourth-order valence-corrected chi connectivity index (χ4v) is 2.93. The van der Waals surface area contributed by atoms with Gasteiger partial charge in [-0.3, -0.25) is 14.4 Å². The molecule has 0 saturated heterocycles. The van der Waals surface area contributed by atoms with Crippen LogP contribution in [0.25, 0.3) is 10.8 Å². The molecule has 3 rings (SSSR count). The van der Waals surface area contributed by atoms with Crippen LogP contribution in [0.2, 0.25) is 0 Å². The number of aryl methyl sites for hydroxylation is 1. The highest BCUT2D eigenvalue weighted by molar-refractivity contribution is 6.12. The Labute approximate surface area is 160 Å². The molecule has 0 aliphatic rings. The van der Waals surface area contributed by atoms with Crippen LogP contribution in [0.3, 0.4) is 0 Å². The number of carbonyl (C=O) groups excluding carboxylic acids is 2. The van der Waals surface area contributed by atoms with Crippen LogP contribution >= 0.6 is 0 Å². The number of primary amides is 1. The van der Waals surface area contributed by atoms with Gasteiger partial charge in [0.15, 0.2) is 5.69 Å². The van der Waals surface area contributed by atoms with Crippen LogP contribution in [0.4, 0.5) is 10.1 Å². The van der Waals surface area contributed by atoms with E-state index >= 15 is 0 Å². The van der Waals surface area contributed by atoms with Crippen molar-refractivity contribution in [3.63, 3.8) is 0 Å². The van der Waals surface area contributed by atoms with E-state index in [1.165, 1.54) is 33.8 Å². The van der Waals surface area contributed by atoms with Gasteiger partial charge in [-0.05, 0) is 37.3 Å². The van der Waals surface area contributed by atoms with Gasteiger partial charge in [0.2, 0.25) is 5.91 Å². The van der Waals surface area contributed by atoms with Crippen molar-refractivity contribution in [2.45, 2.75) is 19.9 Å². The van der Waals surface area contributed by atoms with E-state index in [1.807, 2.05) is 0 Å². The average Bonchev–Trinajstić information content (AvgIpc) is 2.69. The first-order valence-electron chi connectivity index (χ1n) is 8.78. The molecule has 3 aromatic rings. The summed E-state index contributed by atoms with van der Waals surface area (Å²) in [7, 11) is 0. The van der Waals surface area contributed by atoms with Crippen molar-refractivity contribution in [1.29, 1.82) is 0 Å². The van der Waals surface area contributed by atoms with E-state index in [4.69, 9.17) is 5.73 Å². The van der Waals surface area contributed by atoms with Crippen LogP contribution in [0.1, 0.15) is 23.8 Å². The smallest absolute Gasteiger partial charge is 0.279 e. The van der Waals surface area contributed by atoms with Crippen molar-refractivity contribution in [3.8, 4) is 0 Å². The molecule has 28 heavy (non-hydrogen) atoms. The summed E-state index contributed by atoms with van der Waals surface area (Å²) in [5.74, 6) is -1.53. The van der Waals surface area contributed by atoms with E-state index < -0.39 is 17.6 Å². The largest absolute Gasteiger partial charge is 0.370 e. The summed E-state index contributed by atoms with van der Waals surface area (Å²) in [5.41, 5.74) is 5.42. The molecule has 0 unspecified atom stereocenters. The maximum atomic E-state index is 13.3. The first-order chi connectivity index (χ1) is 13.4. The fraction of sp³-hybridized carbons (Fsp3) is 0.200. The number of amides is 2. The number of hydrogen-bond acceptors (Lipinski definition) is 4. The number of rotatable bonds is 6. The monoisotopic (exact) mass is 382 g/mol. The van der Waals surface area contributed by atoms with Gasteiger partial charge in [-0.15, -0.1) is 0 Å². The van der Waals surface area contributed by atoms with Gasteiger partial charge in [-0.25, -0.2) is 9.07 Å². The zero-order valence-electron chi connectivity index (χ0n) is 15.3. The van der Waals surface area contributed by atoms with Gasteiger partial charge in [-0.2, -0.15) is 5.10 Å². The Kier molecular flexibility index (Phi) is 5.49. The molecule has 0 aliphatic heterocycles. The first kappa shape index (κ1) is 19.2. The Morgan fingerprint density at radius 2 is 1.75 bits per heavy atom. The topological polar surface area (TPSA) is 98.3 Å². The summed E-state index contributed by atoms with van der Waals surface area (Å²) in [6.07, 6.45) is -0.0749. The second-order valence-corrected chi connectivity index (χ2v) is 6.16. The highest BCUT2D eigenvalue weighted by Crippen LogP contribution is 2.21. The Bertz CT molecular complexity index is 1090. The summed E-state index contributed by atoms with van der Waals surface area (Å²) < 4.78 is 14.5. The van der Waals surface area contributed by atoms with Crippen LogP contribution in [-0.4, -0.2) is 28.1 Å². The number of fused-ring (bicyclic) bond motifs is 1. The van der Waals surface area contributed by atoms with Crippen LogP contribution < -0.4 is 16.2 Å². The molecule has 1 heterocycles. The molecular weight excluding hydrogens is 363 g/mol. The van der Waals surface area contributed by atoms with E-state index in [0.29, 0.717) is 23.0 Å². The standard InChI is InChI=1S/C20H19FN4O3/c1-2-25-19(27)16-6-4-3-5-15(16)18(23-25)20(28)24(12-11-17(22)26)14-9-7-13(21)8-10-14/h3-10H,2,11-12H2,1H3,(H2,22,26). The zero-order valence-corrected chi connectivity index (χ0v) is 15.3. The Morgan fingerprint density at radius 1 is 1.11 bits per heavy atom. The molecule has 0 atom stereocenters. The van der Waals surface area contributed by atoms with Gasteiger partial charge in [0.1, 0.15) is 5.82 Å². The predicted molar refractivity (Wildman–Crippen MR) is 104 cm³/mol. The second kappa shape index (κ2) is 7.99. The minimum Gasteiger partial charge on any atom is -0.370 e. The van der Waals surface area contributed by atoms with Gasteiger partial charge in [-0.1, -0.05) is 18.2 Å². The molecule has 2 N–H and O–H groups in total. The molecule has 2 amide bonds. The number of halogens is 1. The predicted octanol–water partition coefficient (Wildman–Crippen LogP) is 2.08. The first-order valence-corrected chi connectivity index (χ1v) is 8.78. The molecule has 0 radical (unpaired) electrons. The SMILES string of the molecule is CCn1nc(C(=O)N(CCC(N)=O)c2ccc(F)cc2)c2ccccc2c1=O. The Morgan fingerprint density at radius 3 is 2.36 bits per heavy atom. The average molecular weight is 382 g/mol. The van der Waals surface area contributed by atoms with Gasteiger partial charge in [0, 0.05) is 30.6 Å². The van der Waals surface area contributed by atoms with Gasteiger partial charge in [0.05, 0.1) is 5.39 Å². The van der Waals surface area contributed by atoms with Crippen LogP contribution in [0.5, 0.6) is 0 Å². The van der Waals surface area contributed by atoms with Crippen molar-refractivity contribution >= 4 is 28.3 Å². The third-order valence-electron chi connectivity index (χ3n) is 4.34. The number of carbonyl (C=O) groups is 2. The maximum absolute atomic E-state index is 13.3. The maximum Gasteiger partial charge on any atom is 0.279 e. The summed E-state index contributed by atoms with van der Waals surface area (Å²) in [6, 6.07) is 12.0. The Hall–Kier alpha value is -3.55. The number of hydrogen-bond donors (Lipinski definition) is 1. The molecule has 2 aromatic carbocycles. The van der Waals surface area contributed by atoms with Crippen LogP contribution in [-0.2, 0) is 11.3 Å². The number of nitrogens with two attached hydrogens (primary N) is 1. The number of nitrogens with zero attached hydrogens (tertiary/aromatic N) is 3. The molecule has 0 saturated carbocycles. The van der Waals surface area contributed by atoms with Crippen molar-refractivity contribution < 1.29 is 14.0 Å². The molecule has 0 aliphatic carbocycles. The van der Waals surface area contributed by atoms with Crippen LogP contribution in [0, 0.1) is 5.82 Å². The number of benzene rings is 2. The van der Waals surface area contributed by atoms with Gasteiger partial charge < -0.3 is 10.6 Å². The van der Waals surface area contributed by atoms with Crippen molar-refractivity contribution in [2.75, 3.05) is 11.4 Å². The quantitative estimate of drug-likeness (QED) is 0.706. The van der Waals surface area contributed by atoms with Gasteiger partial charge in [0.25, 0.3) is 11.5 Å². The second-order valence-electron chi connectivity index (χ2n) is 6.16. The molecule has 1 aromatic heterocycles. The third kappa shape index (κ3) is 3.75. The highest BCUT2D eigenvalue weighted by Gasteiger charge is 2.23.